The first-order chi connectivity index (χ1) is 9.33. The van der Waals surface area contributed by atoms with Crippen molar-refractivity contribution in [2.24, 2.45) is 0 Å². The van der Waals surface area contributed by atoms with Gasteiger partial charge in [0.2, 0.25) is 5.91 Å². The smallest absolute Gasteiger partial charge is 0.221 e. The van der Waals surface area contributed by atoms with Gasteiger partial charge in [0.25, 0.3) is 0 Å². The van der Waals surface area contributed by atoms with Gasteiger partial charge in [0.15, 0.2) is 0 Å². The minimum atomic E-state index is 0.150. The average molecular weight is 262 g/mol. The highest BCUT2D eigenvalue weighted by Crippen LogP contribution is 2.01. The second-order valence-corrected chi connectivity index (χ2v) is 4.79. The fraction of sp³-hybridized carbons (Fsp3) is 0.562. The van der Waals surface area contributed by atoms with Gasteiger partial charge in [-0.2, -0.15) is 0 Å². The summed E-state index contributed by atoms with van der Waals surface area (Å²) < 4.78 is 0. The van der Waals surface area contributed by atoms with E-state index in [1.807, 2.05) is 6.07 Å². The molecule has 0 aliphatic heterocycles. The second kappa shape index (κ2) is 10.6. The lowest BCUT2D eigenvalue weighted by Crippen LogP contribution is -2.28. The highest BCUT2D eigenvalue weighted by molar-refractivity contribution is 5.75. The van der Waals surface area contributed by atoms with E-state index in [2.05, 4.69) is 41.8 Å². The summed E-state index contributed by atoms with van der Waals surface area (Å²) in [5.41, 5.74) is 1.33. The summed E-state index contributed by atoms with van der Waals surface area (Å²) in [6, 6.07) is 10.4. The van der Waals surface area contributed by atoms with E-state index in [9.17, 15) is 4.79 Å². The maximum atomic E-state index is 11.5. The molecule has 0 heterocycles. The Kier molecular flexibility index (Phi) is 8.73. The Labute approximate surface area is 116 Å². The topological polar surface area (TPSA) is 41.1 Å². The largest absolute Gasteiger partial charge is 0.356 e. The van der Waals surface area contributed by atoms with E-state index < -0.39 is 0 Å². The molecule has 0 atom stereocenters. The van der Waals surface area contributed by atoms with Gasteiger partial charge in [0.1, 0.15) is 0 Å². The van der Waals surface area contributed by atoms with Gasteiger partial charge in [0.05, 0.1) is 0 Å². The lowest BCUT2D eigenvalue weighted by atomic mass is 10.1. The molecule has 0 spiro atoms. The molecule has 1 rings (SSSR count). The van der Waals surface area contributed by atoms with Gasteiger partial charge in [-0.1, -0.05) is 43.7 Å². The molecule has 0 aliphatic rings. The Bertz CT molecular complexity index is 338. The molecule has 0 radical (unpaired) electrons. The van der Waals surface area contributed by atoms with Crippen LogP contribution in [0, 0.1) is 0 Å². The Morgan fingerprint density at radius 1 is 1.05 bits per heavy atom. The van der Waals surface area contributed by atoms with E-state index in [0.29, 0.717) is 6.42 Å². The molecule has 1 aromatic carbocycles. The van der Waals surface area contributed by atoms with Crippen LogP contribution in [0.4, 0.5) is 0 Å². The summed E-state index contributed by atoms with van der Waals surface area (Å²) in [5, 5.41) is 6.24. The summed E-state index contributed by atoms with van der Waals surface area (Å²) in [7, 11) is 0. The zero-order chi connectivity index (χ0) is 13.8. The van der Waals surface area contributed by atoms with Crippen molar-refractivity contribution in [3.05, 3.63) is 35.9 Å². The first-order valence-electron chi connectivity index (χ1n) is 7.34. The third-order valence-corrected chi connectivity index (χ3v) is 3.04. The number of carbonyl (C=O) groups excluding carboxylic acids is 1. The average Bonchev–Trinajstić information content (AvgIpc) is 2.44. The molecule has 0 fully saturated rings. The third-order valence-electron chi connectivity index (χ3n) is 3.04. The van der Waals surface area contributed by atoms with Crippen LogP contribution in [0.3, 0.4) is 0 Å². The number of hydrogen-bond acceptors (Lipinski definition) is 2. The minimum absolute atomic E-state index is 0.150. The molecule has 1 amide bonds. The van der Waals surface area contributed by atoms with Crippen LogP contribution in [-0.4, -0.2) is 25.5 Å². The maximum absolute atomic E-state index is 11.5. The summed E-state index contributed by atoms with van der Waals surface area (Å²) in [6.07, 6.45) is 4.97. The molecule has 0 unspecified atom stereocenters. The standard InChI is InChI=1S/C16H26N2O/c1-2-3-12-17-14-11-16(19)18-13-7-10-15-8-5-4-6-9-15/h4-6,8-9,17H,2-3,7,10-14H2,1H3,(H,18,19). The number of amides is 1. The SMILES string of the molecule is CCCCNCCC(=O)NCCCc1ccccc1. The normalized spacial score (nSPS) is 10.4. The van der Waals surface area contributed by atoms with Crippen molar-refractivity contribution in [1.82, 2.24) is 10.6 Å². The van der Waals surface area contributed by atoms with E-state index in [-0.39, 0.29) is 5.91 Å². The van der Waals surface area contributed by atoms with Crippen LogP contribution in [0.5, 0.6) is 0 Å². The second-order valence-electron chi connectivity index (χ2n) is 4.79. The molecule has 19 heavy (non-hydrogen) atoms. The fourth-order valence-corrected chi connectivity index (χ4v) is 1.88. The van der Waals surface area contributed by atoms with Gasteiger partial charge >= 0.3 is 0 Å². The molecule has 0 saturated heterocycles. The van der Waals surface area contributed by atoms with Crippen molar-refractivity contribution < 1.29 is 4.79 Å². The van der Waals surface area contributed by atoms with Gasteiger partial charge in [-0.05, 0) is 31.4 Å². The van der Waals surface area contributed by atoms with Crippen molar-refractivity contribution >= 4 is 5.91 Å². The molecule has 0 saturated carbocycles. The molecule has 2 N–H and O–H groups in total. The van der Waals surface area contributed by atoms with Gasteiger partial charge in [-0.3, -0.25) is 4.79 Å². The zero-order valence-corrected chi connectivity index (χ0v) is 12.0. The minimum Gasteiger partial charge on any atom is -0.356 e. The number of benzene rings is 1. The van der Waals surface area contributed by atoms with Crippen molar-refractivity contribution in [3.63, 3.8) is 0 Å². The zero-order valence-electron chi connectivity index (χ0n) is 12.0. The Morgan fingerprint density at radius 3 is 2.58 bits per heavy atom. The predicted molar refractivity (Wildman–Crippen MR) is 80.2 cm³/mol. The lowest BCUT2D eigenvalue weighted by molar-refractivity contribution is -0.120. The van der Waals surface area contributed by atoms with Crippen LogP contribution in [0.25, 0.3) is 0 Å². The van der Waals surface area contributed by atoms with E-state index in [1.54, 1.807) is 0 Å². The van der Waals surface area contributed by atoms with Crippen LogP contribution in [-0.2, 0) is 11.2 Å². The Hall–Kier alpha value is -1.35. The highest BCUT2D eigenvalue weighted by atomic mass is 16.1. The number of aryl methyl sites for hydroxylation is 1. The molecule has 106 valence electrons. The highest BCUT2D eigenvalue weighted by Gasteiger charge is 1.99. The summed E-state index contributed by atoms with van der Waals surface area (Å²) in [5.74, 6) is 0.150. The first kappa shape index (κ1) is 15.7. The van der Waals surface area contributed by atoms with Crippen LogP contribution >= 0.6 is 0 Å². The van der Waals surface area contributed by atoms with Gasteiger partial charge < -0.3 is 10.6 Å². The number of nitrogens with one attached hydrogen (secondary N) is 2. The predicted octanol–water partition coefficient (Wildman–Crippen LogP) is 2.52. The molecule has 1 aromatic rings. The molecule has 0 aromatic heterocycles. The number of carbonyl (C=O) groups is 1. The van der Waals surface area contributed by atoms with Crippen molar-refractivity contribution in [1.29, 1.82) is 0 Å². The van der Waals surface area contributed by atoms with E-state index in [4.69, 9.17) is 0 Å². The van der Waals surface area contributed by atoms with Crippen LogP contribution in [0.2, 0.25) is 0 Å². The molecule has 0 bridgehead atoms. The maximum Gasteiger partial charge on any atom is 0.221 e. The van der Waals surface area contributed by atoms with Crippen LogP contribution in [0.1, 0.15) is 38.2 Å². The van der Waals surface area contributed by atoms with Crippen LogP contribution < -0.4 is 10.6 Å². The lowest BCUT2D eigenvalue weighted by Gasteiger charge is -2.06. The van der Waals surface area contributed by atoms with Gasteiger partial charge in [0, 0.05) is 19.5 Å². The summed E-state index contributed by atoms with van der Waals surface area (Å²) >= 11 is 0. The quantitative estimate of drug-likeness (QED) is 0.636. The number of hydrogen-bond donors (Lipinski definition) is 2. The summed E-state index contributed by atoms with van der Waals surface area (Å²) in [6.45, 7) is 4.73. The molecule has 3 heteroatoms. The van der Waals surface area contributed by atoms with E-state index in [1.165, 1.54) is 18.4 Å². The molecular weight excluding hydrogens is 236 g/mol. The number of unbranched alkanes of at least 4 members (excludes halogenated alkanes) is 1. The van der Waals surface area contributed by atoms with E-state index >= 15 is 0 Å². The Morgan fingerprint density at radius 2 is 1.84 bits per heavy atom. The molecule has 0 aliphatic carbocycles. The third kappa shape index (κ3) is 8.38. The van der Waals surface area contributed by atoms with Gasteiger partial charge in [-0.15, -0.1) is 0 Å². The van der Waals surface area contributed by atoms with E-state index in [0.717, 1.165) is 32.5 Å². The molecule has 3 nitrogen and oxygen atoms in total. The van der Waals surface area contributed by atoms with Crippen LogP contribution in [0.15, 0.2) is 30.3 Å². The summed E-state index contributed by atoms with van der Waals surface area (Å²) in [4.78, 5) is 11.5. The first-order valence-corrected chi connectivity index (χ1v) is 7.34. The van der Waals surface area contributed by atoms with Crippen molar-refractivity contribution in [2.45, 2.75) is 39.0 Å². The molecular formula is C16H26N2O. The van der Waals surface area contributed by atoms with Crippen molar-refractivity contribution in [3.8, 4) is 0 Å². The van der Waals surface area contributed by atoms with Crippen molar-refractivity contribution in [2.75, 3.05) is 19.6 Å². The Balaban J connectivity index is 1.95. The number of rotatable bonds is 10. The monoisotopic (exact) mass is 262 g/mol. The fourth-order valence-electron chi connectivity index (χ4n) is 1.88. The van der Waals surface area contributed by atoms with Gasteiger partial charge in [-0.25, -0.2) is 0 Å².